The molecule has 3 aromatic rings. The fourth-order valence-corrected chi connectivity index (χ4v) is 4.44. The zero-order valence-electron chi connectivity index (χ0n) is 17.1. The molecule has 4 heteroatoms. The molecule has 0 spiro atoms. The van der Waals surface area contributed by atoms with E-state index in [4.69, 9.17) is 0 Å². The summed E-state index contributed by atoms with van der Waals surface area (Å²) in [6.07, 6.45) is 3.10. The first kappa shape index (κ1) is 19.3. The molecule has 0 N–H and O–H groups in total. The number of fused-ring (bicyclic) bond motifs is 3. The second kappa shape index (κ2) is 7.07. The van der Waals surface area contributed by atoms with Crippen molar-refractivity contribution in [3.05, 3.63) is 63.8 Å². The number of hydrogen-bond donors (Lipinski definition) is 0. The number of amides is 1. The van der Waals surface area contributed by atoms with Crippen LogP contribution in [0.3, 0.4) is 0 Å². The van der Waals surface area contributed by atoms with E-state index < -0.39 is 0 Å². The third-order valence-corrected chi connectivity index (χ3v) is 6.61. The molecule has 146 valence electrons. The molecule has 0 saturated heterocycles. The summed E-state index contributed by atoms with van der Waals surface area (Å²) in [5.41, 5.74) is 5.76. The van der Waals surface area contributed by atoms with Crippen LogP contribution in [0.4, 0.5) is 0 Å². The Morgan fingerprint density at radius 1 is 1.11 bits per heavy atom. The average Bonchev–Trinajstić information content (AvgIpc) is 2.99. The highest BCUT2D eigenvalue weighted by Gasteiger charge is 2.29. The standard InChI is InChI=1S/C24H27BrN2O/c1-5-24(2,3)15-16-6-9-18(10-7-16)27-21-11-8-17(25)14-20(21)19-12-13-26(4)23(28)22(19)27/h6-11,14H,5,12-13,15H2,1-4H3. The number of rotatable bonds is 4. The Balaban J connectivity index is 1.86. The highest BCUT2D eigenvalue weighted by molar-refractivity contribution is 9.10. The van der Waals surface area contributed by atoms with Gasteiger partial charge in [-0.15, -0.1) is 0 Å². The molecule has 28 heavy (non-hydrogen) atoms. The van der Waals surface area contributed by atoms with Crippen LogP contribution >= 0.6 is 15.9 Å². The zero-order chi connectivity index (χ0) is 20.1. The molecule has 0 unspecified atom stereocenters. The largest absolute Gasteiger partial charge is 0.340 e. The smallest absolute Gasteiger partial charge is 0.270 e. The number of nitrogens with zero attached hydrogens (tertiary/aromatic N) is 2. The Hall–Kier alpha value is -2.07. The lowest BCUT2D eigenvalue weighted by Gasteiger charge is -2.25. The maximum absolute atomic E-state index is 13.1. The minimum absolute atomic E-state index is 0.102. The van der Waals surface area contributed by atoms with E-state index in [2.05, 4.69) is 83.7 Å². The van der Waals surface area contributed by atoms with Gasteiger partial charge in [0.05, 0.1) is 5.52 Å². The van der Waals surface area contributed by atoms with Crippen molar-refractivity contribution in [2.24, 2.45) is 5.41 Å². The third kappa shape index (κ3) is 3.28. The van der Waals surface area contributed by atoms with Gasteiger partial charge in [-0.05, 0) is 59.7 Å². The lowest BCUT2D eigenvalue weighted by Crippen LogP contribution is -2.35. The predicted molar refractivity (Wildman–Crippen MR) is 119 cm³/mol. The molecule has 4 rings (SSSR count). The van der Waals surface area contributed by atoms with Gasteiger partial charge in [-0.3, -0.25) is 4.79 Å². The Bertz CT molecular complexity index is 1050. The van der Waals surface area contributed by atoms with Crippen LogP contribution in [-0.2, 0) is 12.8 Å². The van der Waals surface area contributed by atoms with Gasteiger partial charge in [0.1, 0.15) is 5.69 Å². The summed E-state index contributed by atoms with van der Waals surface area (Å²) < 4.78 is 3.19. The number of benzene rings is 2. The van der Waals surface area contributed by atoms with Crippen LogP contribution in [0.15, 0.2) is 46.9 Å². The minimum atomic E-state index is 0.102. The van der Waals surface area contributed by atoms with Crippen molar-refractivity contribution in [1.29, 1.82) is 0 Å². The van der Waals surface area contributed by atoms with Gasteiger partial charge in [0.2, 0.25) is 0 Å². The second-order valence-corrected chi connectivity index (χ2v) is 9.58. The van der Waals surface area contributed by atoms with Crippen molar-refractivity contribution in [3.63, 3.8) is 0 Å². The molecule has 3 nitrogen and oxygen atoms in total. The van der Waals surface area contributed by atoms with Crippen LogP contribution in [-0.4, -0.2) is 29.0 Å². The van der Waals surface area contributed by atoms with Crippen molar-refractivity contribution < 1.29 is 4.79 Å². The molecule has 1 aliphatic rings. The van der Waals surface area contributed by atoms with E-state index >= 15 is 0 Å². The minimum Gasteiger partial charge on any atom is -0.340 e. The molecule has 0 bridgehead atoms. The van der Waals surface area contributed by atoms with Crippen LogP contribution < -0.4 is 0 Å². The lowest BCUT2D eigenvalue weighted by molar-refractivity contribution is 0.0773. The summed E-state index contributed by atoms with van der Waals surface area (Å²) in [5.74, 6) is 0.102. The molecule has 0 aliphatic carbocycles. The summed E-state index contributed by atoms with van der Waals surface area (Å²) in [6.45, 7) is 7.63. The molecule has 0 radical (unpaired) electrons. The first-order valence-electron chi connectivity index (χ1n) is 9.98. The van der Waals surface area contributed by atoms with Crippen molar-refractivity contribution in [2.75, 3.05) is 13.6 Å². The van der Waals surface area contributed by atoms with Crippen LogP contribution in [0.1, 0.15) is 48.8 Å². The highest BCUT2D eigenvalue weighted by atomic mass is 79.9. The van der Waals surface area contributed by atoms with E-state index in [-0.39, 0.29) is 5.91 Å². The van der Waals surface area contributed by atoms with Gasteiger partial charge < -0.3 is 9.47 Å². The number of aromatic nitrogens is 1. The van der Waals surface area contributed by atoms with E-state index in [1.165, 1.54) is 10.9 Å². The number of carbonyl (C=O) groups excluding carboxylic acids is 1. The van der Waals surface area contributed by atoms with E-state index in [0.717, 1.165) is 52.7 Å². The first-order valence-corrected chi connectivity index (χ1v) is 10.8. The molecule has 0 saturated carbocycles. The molecule has 1 aliphatic heterocycles. The molecule has 2 heterocycles. The molecule has 0 fully saturated rings. The maximum atomic E-state index is 13.1. The number of likely N-dealkylation sites (N-methyl/N-ethyl adjacent to an activating group) is 1. The van der Waals surface area contributed by atoms with Gasteiger partial charge in [0, 0.05) is 29.1 Å². The van der Waals surface area contributed by atoms with Gasteiger partial charge in [-0.2, -0.15) is 0 Å². The molecule has 1 aromatic heterocycles. The SMILES string of the molecule is CCC(C)(C)Cc1ccc(-n2c3c(c4cc(Br)ccc42)CCN(C)C3=O)cc1. The van der Waals surface area contributed by atoms with Crippen molar-refractivity contribution >= 4 is 32.7 Å². The molecule has 0 atom stereocenters. The van der Waals surface area contributed by atoms with Crippen molar-refractivity contribution in [2.45, 2.75) is 40.0 Å². The fraction of sp³-hybridized carbons (Fsp3) is 0.375. The Morgan fingerprint density at radius 3 is 2.50 bits per heavy atom. The molecule has 2 aromatic carbocycles. The average molecular weight is 439 g/mol. The summed E-state index contributed by atoms with van der Waals surface area (Å²) in [4.78, 5) is 14.9. The zero-order valence-corrected chi connectivity index (χ0v) is 18.6. The van der Waals surface area contributed by atoms with Crippen molar-refractivity contribution in [1.82, 2.24) is 9.47 Å². The number of halogens is 1. The third-order valence-electron chi connectivity index (χ3n) is 6.11. The fourth-order valence-electron chi connectivity index (χ4n) is 4.08. The Kier molecular flexibility index (Phi) is 4.86. The van der Waals surface area contributed by atoms with Gasteiger partial charge in [0.15, 0.2) is 0 Å². The van der Waals surface area contributed by atoms with Crippen LogP contribution in [0.2, 0.25) is 0 Å². The van der Waals surface area contributed by atoms with E-state index in [1.807, 2.05) is 11.9 Å². The molecule has 1 amide bonds. The first-order chi connectivity index (χ1) is 13.3. The monoisotopic (exact) mass is 438 g/mol. The van der Waals surface area contributed by atoms with E-state index in [1.54, 1.807) is 0 Å². The summed E-state index contributed by atoms with van der Waals surface area (Å²) in [7, 11) is 1.89. The van der Waals surface area contributed by atoms with Crippen LogP contribution in [0.5, 0.6) is 0 Å². The number of carbonyl (C=O) groups is 1. The van der Waals surface area contributed by atoms with Gasteiger partial charge in [-0.1, -0.05) is 55.3 Å². The van der Waals surface area contributed by atoms with Gasteiger partial charge in [0.25, 0.3) is 5.91 Å². The Morgan fingerprint density at radius 2 is 1.82 bits per heavy atom. The second-order valence-electron chi connectivity index (χ2n) is 8.66. The lowest BCUT2D eigenvalue weighted by atomic mass is 9.83. The Labute approximate surface area is 175 Å². The quantitative estimate of drug-likeness (QED) is 0.490. The maximum Gasteiger partial charge on any atom is 0.270 e. The van der Waals surface area contributed by atoms with E-state index in [0.29, 0.717) is 5.41 Å². The van der Waals surface area contributed by atoms with Crippen LogP contribution in [0.25, 0.3) is 16.6 Å². The summed E-state index contributed by atoms with van der Waals surface area (Å²) >= 11 is 3.59. The van der Waals surface area contributed by atoms with Crippen molar-refractivity contribution in [3.8, 4) is 5.69 Å². The normalized spacial score (nSPS) is 14.6. The topological polar surface area (TPSA) is 25.2 Å². The van der Waals surface area contributed by atoms with Crippen LogP contribution in [0, 0.1) is 5.41 Å². The predicted octanol–water partition coefficient (Wildman–Crippen LogP) is 6.00. The molecular weight excluding hydrogens is 412 g/mol. The molecular formula is C24H27BrN2O. The summed E-state index contributed by atoms with van der Waals surface area (Å²) in [5, 5.41) is 1.17. The number of hydrogen-bond acceptors (Lipinski definition) is 1. The highest BCUT2D eigenvalue weighted by Crippen LogP contribution is 2.35. The summed E-state index contributed by atoms with van der Waals surface area (Å²) in [6, 6.07) is 15.0. The van der Waals surface area contributed by atoms with E-state index in [9.17, 15) is 4.79 Å². The van der Waals surface area contributed by atoms with Gasteiger partial charge in [-0.25, -0.2) is 0 Å². The van der Waals surface area contributed by atoms with Gasteiger partial charge >= 0.3 is 0 Å².